The van der Waals surface area contributed by atoms with Crippen molar-refractivity contribution in [1.82, 2.24) is 4.90 Å². The normalized spacial score (nSPS) is 22.8. The molecule has 0 radical (unpaired) electrons. The van der Waals surface area contributed by atoms with Gasteiger partial charge in [-0.1, -0.05) is 38.5 Å². The molecule has 0 spiro atoms. The molecule has 2 aliphatic carbocycles. The first-order valence-corrected chi connectivity index (χ1v) is 12.9. The molecular weight excluding hydrogens is 414 g/mol. The zero-order valence-corrected chi connectivity index (χ0v) is 20.5. The summed E-state index contributed by atoms with van der Waals surface area (Å²) in [6, 6.07) is 7.09. The lowest BCUT2D eigenvalue weighted by molar-refractivity contribution is -0.124. The number of benzene rings is 1. The molecule has 0 aromatic heterocycles. The number of carbonyl (C=O) groups excluding carboxylic acids is 1. The number of methoxy groups -OCH3 is 1. The highest BCUT2D eigenvalue weighted by Gasteiger charge is 2.40. The first-order chi connectivity index (χ1) is 16.1. The van der Waals surface area contributed by atoms with E-state index in [1.807, 2.05) is 23.1 Å². The number of amides is 1. The minimum atomic E-state index is -0.0636. The monoisotopic (exact) mass is 453 g/mol. The number of amidine groups is 1. The molecule has 180 valence electrons. The summed E-state index contributed by atoms with van der Waals surface area (Å²) in [5, 5.41) is 0. The van der Waals surface area contributed by atoms with Crippen LogP contribution >= 0.6 is 0 Å². The summed E-state index contributed by atoms with van der Waals surface area (Å²) in [6.45, 7) is 6.14. The molecule has 0 bridgehead atoms. The molecule has 1 aliphatic heterocycles. The number of hydrogen-bond donors (Lipinski definition) is 0. The third-order valence-corrected chi connectivity index (χ3v) is 7.28. The van der Waals surface area contributed by atoms with Crippen LogP contribution in [0.2, 0.25) is 0 Å². The molecule has 1 saturated heterocycles. The molecule has 1 aromatic carbocycles. The molecule has 4 rings (SSSR count). The zero-order valence-electron chi connectivity index (χ0n) is 20.5. The Morgan fingerprint density at radius 2 is 1.73 bits per heavy atom. The van der Waals surface area contributed by atoms with Crippen molar-refractivity contribution in [2.45, 2.75) is 90.1 Å². The van der Waals surface area contributed by atoms with Crippen molar-refractivity contribution in [3.63, 3.8) is 0 Å². The highest BCUT2D eigenvalue weighted by Crippen LogP contribution is 2.33. The summed E-state index contributed by atoms with van der Waals surface area (Å²) in [6.07, 6.45) is 13.3. The Kier molecular flexibility index (Phi) is 7.94. The van der Waals surface area contributed by atoms with E-state index in [-0.39, 0.29) is 18.0 Å². The van der Waals surface area contributed by atoms with Crippen molar-refractivity contribution in [1.29, 1.82) is 0 Å². The summed E-state index contributed by atoms with van der Waals surface area (Å²) < 4.78 is 11.9. The molecule has 6 heteroatoms. The van der Waals surface area contributed by atoms with E-state index in [0.29, 0.717) is 11.8 Å². The van der Waals surface area contributed by atoms with Crippen LogP contribution in [0.25, 0.3) is 6.08 Å². The Balaban J connectivity index is 1.64. The van der Waals surface area contributed by atoms with E-state index < -0.39 is 0 Å². The molecule has 6 nitrogen and oxygen atoms in total. The van der Waals surface area contributed by atoms with Crippen LogP contribution in [0.4, 0.5) is 5.69 Å². The Bertz CT molecular complexity index is 879. The van der Waals surface area contributed by atoms with Gasteiger partial charge in [0.15, 0.2) is 5.76 Å². The maximum absolute atomic E-state index is 13.5. The van der Waals surface area contributed by atoms with E-state index in [1.54, 1.807) is 7.11 Å². The molecule has 1 aromatic rings. The van der Waals surface area contributed by atoms with Crippen LogP contribution in [0.3, 0.4) is 0 Å². The Hall–Kier alpha value is -2.50. The summed E-state index contributed by atoms with van der Waals surface area (Å²) in [7, 11) is 1.67. The predicted molar refractivity (Wildman–Crippen MR) is 134 cm³/mol. The van der Waals surface area contributed by atoms with Gasteiger partial charge in [-0.3, -0.25) is 9.69 Å². The number of carbonyl (C=O) groups is 1. The first-order valence-electron chi connectivity index (χ1n) is 12.9. The van der Waals surface area contributed by atoms with Crippen molar-refractivity contribution in [2.75, 3.05) is 25.1 Å². The van der Waals surface area contributed by atoms with Crippen molar-refractivity contribution >= 4 is 23.7 Å². The molecule has 0 unspecified atom stereocenters. The van der Waals surface area contributed by atoms with Crippen molar-refractivity contribution in [2.24, 2.45) is 4.99 Å². The third kappa shape index (κ3) is 5.36. The van der Waals surface area contributed by atoms with Gasteiger partial charge in [0.25, 0.3) is 5.91 Å². The summed E-state index contributed by atoms with van der Waals surface area (Å²) in [5.74, 6) is 1.03. The van der Waals surface area contributed by atoms with Crippen LogP contribution < -0.4 is 9.64 Å². The number of aliphatic imine (C=N–C) groups is 1. The molecular formula is C27H39N3O3. The zero-order chi connectivity index (χ0) is 23.2. The lowest BCUT2D eigenvalue weighted by Gasteiger charge is -2.29. The molecule has 3 fully saturated rings. The Labute approximate surface area is 198 Å². The topological polar surface area (TPSA) is 54.4 Å². The summed E-state index contributed by atoms with van der Waals surface area (Å²) in [4.78, 5) is 22.6. The largest absolute Gasteiger partial charge is 0.496 e. The highest BCUT2D eigenvalue weighted by atomic mass is 16.5. The SMILES string of the molecule is CCN(CC)c1ccc(/C=C2/O/C(=N/C3CCCCC3)N(C3CCCCC3)C2=O)c(OC)c1. The van der Waals surface area contributed by atoms with Crippen LogP contribution in [0, 0.1) is 0 Å². The second-order valence-electron chi connectivity index (χ2n) is 9.38. The second-order valence-corrected chi connectivity index (χ2v) is 9.38. The molecule has 33 heavy (non-hydrogen) atoms. The van der Waals surface area contributed by atoms with Crippen LogP contribution in [-0.2, 0) is 9.53 Å². The van der Waals surface area contributed by atoms with Crippen molar-refractivity contribution < 1.29 is 14.3 Å². The standard InChI is InChI=1S/C27H39N3O3/c1-4-29(5-2)23-17-16-20(24(19-23)32-3)18-25-26(31)30(22-14-10-7-11-15-22)27(33-25)28-21-12-8-6-9-13-21/h16-19,21-22H,4-15H2,1-3H3/b25-18+,28-27+. The van der Waals surface area contributed by atoms with Crippen LogP contribution in [0.5, 0.6) is 5.75 Å². The minimum Gasteiger partial charge on any atom is -0.496 e. The molecule has 2 saturated carbocycles. The molecule has 1 heterocycles. The molecule has 3 aliphatic rings. The van der Waals surface area contributed by atoms with E-state index >= 15 is 0 Å². The van der Waals surface area contributed by atoms with Gasteiger partial charge >= 0.3 is 6.02 Å². The van der Waals surface area contributed by atoms with Gasteiger partial charge in [-0.2, -0.15) is 0 Å². The van der Waals surface area contributed by atoms with Crippen molar-refractivity contribution in [3.05, 3.63) is 29.5 Å². The van der Waals surface area contributed by atoms with E-state index in [2.05, 4.69) is 24.8 Å². The first kappa shape index (κ1) is 23.7. The van der Waals surface area contributed by atoms with Gasteiger partial charge < -0.3 is 14.4 Å². The van der Waals surface area contributed by atoms with Gasteiger partial charge in [0.05, 0.1) is 13.2 Å². The predicted octanol–water partition coefficient (Wildman–Crippen LogP) is 5.76. The summed E-state index contributed by atoms with van der Waals surface area (Å²) >= 11 is 0. The number of anilines is 1. The van der Waals surface area contributed by atoms with E-state index in [0.717, 1.165) is 68.6 Å². The average molecular weight is 454 g/mol. The quantitative estimate of drug-likeness (QED) is 0.492. The van der Waals surface area contributed by atoms with Gasteiger partial charge in [0.2, 0.25) is 0 Å². The van der Waals surface area contributed by atoms with Gasteiger partial charge in [0.1, 0.15) is 5.75 Å². The fourth-order valence-electron chi connectivity index (χ4n) is 5.35. The van der Waals surface area contributed by atoms with Crippen LogP contribution in [0.1, 0.15) is 83.6 Å². The third-order valence-electron chi connectivity index (χ3n) is 7.28. The van der Waals surface area contributed by atoms with E-state index in [9.17, 15) is 4.79 Å². The number of ether oxygens (including phenoxy) is 2. The smallest absolute Gasteiger partial charge is 0.300 e. The Morgan fingerprint density at radius 3 is 2.36 bits per heavy atom. The van der Waals surface area contributed by atoms with Gasteiger partial charge in [0, 0.05) is 36.4 Å². The minimum absolute atomic E-state index is 0.0636. The van der Waals surface area contributed by atoms with Gasteiger partial charge in [-0.25, -0.2) is 4.99 Å². The number of rotatable bonds is 7. The average Bonchev–Trinajstić information content (AvgIpc) is 3.16. The fraction of sp³-hybridized carbons (Fsp3) is 0.630. The van der Waals surface area contributed by atoms with Gasteiger partial charge in [-0.15, -0.1) is 0 Å². The Morgan fingerprint density at radius 1 is 1.06 bits per heavy atom. The molecule has 0 N–H and O–H groups in total. The van der Waals surface area contributed by atoms with E-state index in [1.165, 1.54) is 25.7 Å². The molecule has 0 atom stereocenters. The van der Waals surface area contributed by atoms with E-state index in [4.69, 9.17) is 14.5 Å². The second kappa shape index (κ2) is 11.1. The van der Waals surface area contributed by atoms with Crippen LogP contribution in [0.15, 0.2) is 29.0 Å². The lowest BCUT2D eigenvalue weighted by Crippen LogP contribution is -2.41. The number of hydrogen-bond acceptors (Lipinski definition) is 5. The molecule has 1 amide bonds. The number of nitrogens with zero attached hydrogens (tertiary/aromatic N) is 3. The maximum atomic E-state index is 13.5. The maximum Gasteiger partial charge on any atom is 0.300 e. The van der Waals surface area contributed by atoms with Crippen LogP contribution in [-0.4, -0.2) is 49.1 Å². The van der Waals surface area contributed by atoms with Crippen molar-refractivity contribution in [3.8, 4) is 5.75 Å². The summed E-state index contributed by atoms with van der Waals surface area (Å²) in [5.41, 5.74) is 1.96. The lowest BCUT2D eigenvalue weighted by atomic mass is 9.94. The van der Waals surface area contributed by atoms with Gasteiger partial charge in [-0.05, 0) is 57.7 Å². The fourth-order valence-corrected chi connectivity index (χ4v) is 5.35. The highest BCUT2D eigenvalue weighted by molar-refractivity contribution is 6.11.